The maximum absolute atomic E-state index is 11.8. The molecule has 2 aromatic rings. The number of nitrogens with zero attached hydrogens (tertiary/aromatic N) is 1. The molecule has 0 aliphatic carbocycles. The van der Waals surface area contributed by atoms with E-state index in [1.165, 1.54) is 18.3 Å². The molecule has 7 heteroatoms. The number of phenols is 2. The number of amides is 1. The van der Waals surface area contributed by atoms with Gasteiger partial charge < -0.3 is 10.2 Å². The van der Waals surface area contributed by atoms with Crippen LogP contribution >= 0.6 is 23.2 Å². The number of benzene rings is 2. The molecule has 3 N–H and O–H groups in total. The molecule has 2 aromatic carbocycles. The van der Waals surface area contributed by atoms with Crippen molar-refractivity contribution in [1.29, 1.82) is 0 Å². The van der Waals surface area contributed by atoms with Gasteiger partial charge in [0.1, 0.15) is 11.5 Å². The molecule has 0 aliphatic rings. The van der Waals surface area contributed by atoms with E-state index in [1.54, 1.807) is 18.2 Å². The van der Waals surface area contributed by atoms with E-state index in [4.69, 9.17) is 23.2 Å². The molecule has 1 amide bonds. The van der Waals surface area contributed by atoms with Crippen molar-refractivity contribution in [3.8, 4) is 11.5 Å². The van der Waals surface area contributed by atoms with Gasteiger partial charge in [0.15, 0.2) is 0 Å². The number of hydrogen-bond acceptors (Lipinski definition) is 4. The molecule has 0 spiro atoms. The Morgan fingerprint density at radius 2 is 1.71 bits per heavy atom. The smallest absolute Gasteiger partial charge is 0.271 e. The summed E-state index contributed by atoms with van der Waals surface area (Å²) in [4.78, 5) is 11.8. The van der Waals surface area contributed by atoms with E-state index in [9.17, 15) is 15.0 Å². The van der Waals surface area contributed by atoms with Crippen LogP contribution < -0.4 is 5.43 Å². The number of carbonyl (C=O) groups excluding carboxylic acids is 1. The van der Waals surface area contributed by atoms with Gasteiger partial charge in [-0.25, -0.2) is 5.43 Å². The SMILES string of the molecule is O=C(N/N=C\c1ccc(Cl)c(Cl)c1)c1cc(O)cc(O)c1. The van der Waals surface area contributed by atoms with Crippen molar-refractivity contribution < 1.29 is 15.0 Å². The number of hydrogen-bond donors (Lipinski definition) is 3. The maximum Gasteiger partial charge on any atom is 0.271 e. The zero-order valence-electron chi connectivity index (χ0n) is 10.5. The highest BCUT2D eigenvalue weighted by atomic mass is 35.5. The first-order chi connectivity index (χ1) is 9.95. The van der Waals surface area contributed by atoms with Crippen LogP contribution in [0.25, 0.3) is 0 Å². The Kier molecular flexibility index (Phi) is 4.67. The van der Waals surface area contributed by atoms with Crippen LogP contribution in [0.15, 0.2) is 41.5 Å². The van der Waals surface area contributed by atoms with E-state index >= 15 is 0 Å². The highest BCUT2D eigenvalue weighted by Crippen LogP contribution is 2.22. The van der Waals surface area contributed by atoms with Crippen molar-refractivity contribution in [2.75, 3.05) is 0 Å². The lowest BCUT2D eigenvalue weighted by Crippen LogP contribution is -2.17. The van der Waals surface area contributed by atoms with Crippen molar-refractivity contribution in [1.82, 2.24) is 5.43 Å². The molecule has 2 rings (SSSR count). The highest BCUT2D eigenvalue weighted by Gasteiger charge is 2.07. The number of phenolic OH excluding ortho intramolecular Hbond substituents is 2. The van der Waals surface area contributed by atoms with E-state index in [1.807, 2.05) is 0 Å². The Morgan fingerprint density at radius 3 is 2.33 bits per heavy atom. The second-order valence-electron chi connectivity index (χ2n) is 4.11. The zero-order chi connectivity index (χ0) is 15.4. The zero-order valence-corrected chi connectivity index (χ0v) is 12.1. The van der Waals surface area contributed by atoms with E-state index in [2.05, 4.69) is 10.5 Å². The Labute approximate surface area is 130 Å². The molecule has 108 valence electrons. The van der Waals surface area contributed by atoms with E-state index in [-0.39, 0.29) is 17.1 Å². The molecule has 5 nitrogen and oxygen atoms in total. The molecule has 0 heterocycles. The average Bonchev–Trinajstić information content (AvgIpc) is 2.41. The van der Waals surface area contributed by atoms with E-state index in [0.717, 1.165) is 6.07 Å². The molecule has 0 fully saturated rings. The lowest BCUT2D eigenvalue weighted by atomic mass is 10.2. The Bertz CT molecular complexity index is 697. The minimum Gasteiger partial charge on any atom is -0.508 e. The third-order valence-electron chi connectivity index (χ3n) is 2.49. The highest BCUT2D eigenvalue weighted by molar-refractivity contribution is 6.42. The average molecular weight is 325 g/mol. The van der Waals surface area contributed by atoms with Gasteiger partial charge in [0, 0.05) is 11.6 Å². The summed E-state index contributed by atoms with van der Waals surface area (Å²) < 4.78 is 0. The predicted octanol–water partition coefficient (Wildman–Crippen LogP) is 3.17. The molecule has 0 aromatic heterocycles. The van der Waals surface area contributed by atoms with Crippen molar-refractivity contribution in [2.24, 2.45) is 5.10 Å². The van der Waals surface area contributed by atoms with Crippen molar-refractivity contribution in [3.05, 3.63) is 57.6 Å². The van der Waals surface area contributed by atoms with Crippen LogP contribution in [0.2, 0.25) is 10.0 Å². The molecule has 0 atom stereocenters. The molecule has 0 aliphatic heterocycles. The van der Waals surface area contributed by atoms with Gasteiger partial charge in [-0.05, 0) is 29.8 Å². The number of hydrazone groups is 1. The summed E-state index contributed by atoms with van der Waals surface area (Å²) in [6.07, 6.45) is 1.39. The van der Waals surface area contributed by atoms with Crippen LogP contribution in [0.4, 0.5) is 0 Å². The van der Waals surface area contributed by atoms with Gasteiger partial charge in [0.25, 0.3) is 5.91 Å². The van der Waals surface area contributed by atoms with Gasteiger partial charge in [-0.2, -0.15) is 5.10 Å². The van der Waals surface area contributed by atoms with Gasteiger partial charge in [0.2, 0.25) is 0 Å². The third kappa shape index (κ3) is 4.11. The van der Waals surface area contributed by atoms with Gasteiger partial charge in [-0.1, -0.05) is 29.3 Å². The Hall–Kier alpha value is -2.24. The van der Waals surface area contributed by atoms with Crippen molar-refractivity contribution in [3.63, 3.8) is 0 Å². The van der Waals surface area contributed by atoms with Crippen LogP contribution in [0, 0.1) is 0 Å². The minimum atomic E-state index is -0.572. The standard InChI is InChI=1S/C14H10Cl2N2O3/c15-12-2-1-8(3-13(12)16)7-17-18-14(21)9-4-10(19)6-11(20)5-9/h1-7,19-20H,(H,18,21)/b17-7-. The molecule has 0 bridgehead atoms. The summed E-state index contributed by atoms with van der Waals surface area (Å²) in [5.74, 6) is -1.00. The quantitative estimate of drug-likeness (QED) is 0.599. The Balaban J connectivity index is 2.06. The summed E-state index contributed by atoms with van der Waals surface area (Å²) in [5, 5.41) is 23.2. The maximum atomic E-state index is 11.8. The molecular formula is C14H10Cl2N2O3. The lowest BCUT2D eigenvalue weighted by molar-refractivity contribution is 0.0954. The number of aromatic hydroxyl groups is 2. The van der Waals surface area contributed by atoms with Crippen LogP contribution in [0.5, 0.6) is 11.5 Å². The summed E-state index contributed by atoms with van der Waals surface area (Å²) in [5.41, 5.74) is 3.01. The van der Waals surface area contributed by atoms with E-state index < -0.39 is 5.91 Å². The first-order valence-electron chi connectivity index (χ1n) is 5.77. The summed E-state index contributed by atoms with van der Waals surface area (Å²) >= 11 is 11.6. The van der Waals surface area contributed by atoms with Crippen LogP contribution in [0.1, 0.15) is 15.9 Å². The predicted molar refractivity (Wildman–Crippen MR) is 81.3 cm³/mol. The van der Waals surface area contributed by atoms with Crippen LogP contribution in [-0.2, 0) is 0 Å². The van der Waals surface area contributed by atoms with Crippen LogP contribution in [0.3, 0.4) is 0 Å². The normalized spacial score (nSPS) is 10.8. The number of halogens is 2. The first kappa shape index (κ1) is 15.2. The molecular weight excluding hydrogens is 315 g/mol. The Morgan fingerprint density at radius 1 is 1.05 bits per heavy atom. The topological polar surface area (TPSA) is 81.9 Å². The fraction of sp³-hybridized carbons (Fsp3) is 0. The minimum absolute atomic E-state index is 0.0822. The second-order valence-corrected chi connectivity index (χ2v) is 4.93. The van der Waals surface area contributed by atoms with E-state index in [0.29, 0.717) is 15.6 Å². The van der Waals surface area contributed by atoms with Crippen molar-refractivity contribution >= 4 is 35.3 Å². The number of carbonyl (C=O) groups is 1. The lowest BCUT2D eigenvalue weighted by Gasteiger charge is -2.02. The fourth-order valence-electron chi connectivity index (χ4n) is 1.55. The number of nitrogens with one attached hydrogen (secondary N) is 1. The van der Waals surface area contributed by atoms with Gasteiger partial charge in [-0.15, -0.1) is 0 Å². The summed E-state index contributed by atoms with van der Waals surface area (Å²) in [7, 11) is 0. The molecule has 21 heavy (non-hydrogen) atoms. The first-order valence-corrected chi connectivity index (χ1v) is 6.53. The molecule has 0 saturated heterocycles. The molecule has 0 radical (unpaired) electrons. The summed E-state index contributed by atoms with van der Waals surface area (Å²) in [6, 6.07) is 8.44. The molecule has 0 unspecified atom stereocenters. The fourth-order valence-corrected chi connectivity index (χ4v) is 1.86. The largest absolute Gasteiger partial charge is 0.508 e. The second kappa shape index (κ2) is 6.47. The number of rotatable bonds is 3. The van der Waals surface area contributed by atoms with Crippen LogP contribution in [-0.4, -0.2) is 22.3 Å². The van der Waals surface area contributed by atoms with Crippen molar-refractivity contribution in [2.45, 2.75) is 0 Å². The summed E-state index contributed by atoms with van der Waals surface area (Å²) in [6.45, 7) is 0. The van der Waals surface area contributed by atoms with Gasteiger partial charge >= 0.3 is 0 Å². The van der Waals surface area contributed by atoms with Gasteiger partial charge in [0.05, 0.1) is 16.3 Å². The third-order valence-corrected chi connectivity index (χ3v) is 3.23. The van der Waals surface area contributed by atoms with Gasteiger partial charge in [-0.3, -0.25) is 4.79 Å². The molecule has 0 saturated carbocycles. The monoisotopic (exact) mass is 324 g/mol.